The molecule has 1 aromatic rings. The van der Waals surface area contributed by atoms with E-state index >= 15 is 0 Å². The number of hydrogen-bond acceptors (Lipinski definition) is 18. The standard InChI is InChI=1S/C32H41NO17/c1-4-14-15(16(29(41)43-3)11-45-30(14)50-32-26(39)24(37)23(36)20(10-34)47-32)8-22-44-12-21-28(49-22)25(38)27(40)31(48-21)46-19(9-33)13-5-6-18(42-2)17(35)7-13/h4-7,11,14-15,19-28,30-32,34-40H,1,8,10,12H2,2-3H3. The van der Waals surface area contributed by atoms with Crippen LogP contribution in [0.4, 0.5) is 0 Å². The highest BCUT2D eigenvalue weighted by atomic mass is 16.8. The van der Waals surface area contributed by atoms with Gasteiger partial charge in [0.25, 0.3) is 0 Å². The van der Waals surface area contributed by atoms with Gasteiger partial charge in [0.2, 0.25) is 6.29 Å². The number of benzene rings is 1. The van der Waals surface area contributed by atoms with Crippen LogP contribution < -0.4 is 4.74 Å². The number of phenolic OH excluding ortho intramolecular Hbond substituents is 1. The number of methoxy groups -OCH3 is 2. The van der Waals surface area contributed by atoms with E-state index in [2.05, 4.69) is 6.58 Å². The van der Waals surface area contributed by atoms with Gasteiger partial charge in [-0.3, -0.25) is 0 Å². The summed E-state index contributed by atoms with van der Waals surface area (Å²) in [6.45, 7) is 2.98. The summed E-state index contributed by atoms with van der Waals surface area (Å²) in [4.78, 5) is 12.8. The Bertz CT molecular complexity index is 1420. The van der Waals surface area contributed by atoms with Gasteiger partial charge in [-0.05, 0) is 17.7 Å². The van der Waals surface area contributed by atoms with Gasteiger partial charge in [0.1, 0.15) is 48.8 Å². The molecule has 18 nitrogen and oxygen atoms in total. The predicted octanol–water partition coefficient (Wildman–Crippen LogP) is -1.79. The number of carbonyl (C=O) groups excluding carboxylic acids is 1. The van der Waals surface area contributed by atoms with Gasteiger partial charge in [0.15, 0.2) is 36.5 Å². The molecule has 50 heavy (non-hydrogen) atoms. The number of nitrogens with zero attached hydrogens (tertiary/aromatic N) is 1. The Balaban J connectivity index is 1.27. The Labute approximate surface area is 286 Å². The number of ether oxygens (including phenoxy) is 9. The maximum atomic E-state index is 12.8. The number of nitriles is 1. The van der Waals surface area contributed by atoms with Crippen molar-refractivity contribution in [3.8, 4) is 17.6 Å². The second-order valence-electron chi connectivity index (χ2n) is 12.0. The molecule has 4 aliphatic heterocycles. The lowest BCUT2D eigenvalue weighted by molar-refractivity contribution is -0.365. The smallest absolute Gasteiger partial charge is 0.337 e. The first-order valence-corrected chi connectivity index (χ1v) is 15.7. The first kappa shape index (κ1) is 37.8. The zero-order valence-electron chi connectivity index (χ0n) is 27.0. The van der Waals surface area contributed by atoms with Crippen LogP contribution in [-0.4, -0.2) is 143 Å². The Morgan fingerprint density at radius 3 is 2.42 bits per heavy atom. The third-order valence-electron chi connectivity index (χ3n) is 9.05. The lowest BCUT2D eigenvalue weighted by Crippen LogP contribution is -2.63. The van der Waals surface area contributed by atoms with E-state index in [9.17, 15) is 45.8 Å². The van der Waals surface area contributed by atoms with Gasteiger partial charge in [0, 0.05) is 18.3 Å². The Hall–Kier alpha value is -3.42. The van der Waals surface area contributed by atoms with Gasteiger partial charge in [-0.15, -0.1) is 6.58 Å². The minimum absolute atomic E-state index is 0.0430. The van der Waals surface area contributed by atoms with Crippen molar-refractivity contribution in [1.29, 1.82) is 5.26 Å². The summed E-state index contributed by atoms with van der Waals surface area (Å²) in [6.07, 6.45) is -15.9. The topological polar surface area (TPSA) is 266 Å². The molecule has 15 unspecified atom stereocenters. The number of carbonyl (C=O) groups is 1. The Morgan fingerprint density at radius 1 is 1.04 bits per heavy atom. The summed E-state index contributed by atoms with van der Waals surface area (Å²) in [5.41, 5.74) is 0.285. The number of esters is 1. The molecule has 3 saturated heterocycles. The van der Waals surface area contributed by atoms with Gasteiger partial charge in [0.05, 0.1) is 45.3 Å². The van der Waals surface area contributed by atoms with Crippen LogP contribution in [0.25, 0.3) is 0 Å². The minimum Gasteiger partial charge on any atom is -0.504 e. The van der Waals surface area contributed by atoms with Crippen LogP contribution >= 0.6 is 0 Å². The third-order valence-corrected chi connectivity index (χ3v) is 9.05. The maximum absolute atomic E-state index is 12.8. The van der Waals surface area contributed by atoms with Gasteiger partial charge in [-0.2, -0.15) is 5.26 Å². The summed E-state index contributed by atoms with van der Waals surface area (Å²) in [5, 5.41) is 82.2. The second-order valence-corrected chi connectivity index (χ2v) is 12.0. The molecule has 0 spiro atoms. The molecule has 3 fully saturated rings. The molecule has 7 N–H and O–H groups in total. The van der Waals surface area contributed by atoms with Gasteiger partial charge >= 0.3 is 5.97 Å². The maximum Gasteiger partial charge on any atom is 0.337 e. The highest BCUT2D eigenvalue weighted by Gasteiger charge is 2.52. The van der Waals surface area contributed by atoms with Gasteiger partial charge in [-0.25, -0.2) is 4.79 Å². The summed E-state index contributed by atoms with van der Waals surface area (Å²) < 4.78 is 50.3. The summed E-state index contributed by atoms with van der Waals surface area (Å²) in [7, 11) is 2.53. The van der Waals surface area contributed by atoms with Crippen molar-refractivity contribution in [2.24, 2.45) is 11.8 Å². The van der Waals surface area contributed by atoms with Crippen LogP contribution in [0, 0.1) is 23.2 Å². The van der Waals surface area contributed by atoms with Crippen molar-refractivity contribution < 1.29 is 83.2 Å². The van der Waals surface area contributed by atoms with Crippen molar-refractivity contribution in [1.82, 2.24) is 0 Å². The predicted molar refractivity (Wildman–Crippen MR) is 161 cm³/mol. The molecule has 0 bridgehead atoms. The Morgan fingerprint density at radius 2 is 1.78 bits per heavy atom. The average Bonchev–Trinajstić information content (AvgIpc) is 3.12. The first-order chi connectivity index (χ1) is 23.9. The monoisotopic (exact) mass is 711 g/mol. The Kier molecular flexibility index (Phi) is 12.3. The summed E-state index contributed by atoms with van der Waals surface area (Å²) in [6, 6.07) is 6.11. The number of hydrogen-bond donors (Lipinski definition) is 7. The van der Waals surface area contributed by atoms with Crippen LogP contribution in [0.5, 0.6) is 11.5 Å². The molecule has 0 saturated carbocycles. The fourth-order valence-electron chi connectivity index (χ4n) is 6.28. The lowest BCUT2D eigenvalue weighted by Gasteiger charge is -2.47. The van der Waals surface area contributed by atoms with Crippen LogP contribution in [0.1, 0.15) is 18.1 Å². The molecule has 15 atom stereocenters. The quantitative estimate of drug-likeness (QED) is 0.0987. The SMILES string of the molecule is C=CC1C(OC2OC(CO)C(O)C(O)C2O)OC=C(C(=O)OC)C1CC1OCC2OC(OC(C#N)c3ccc(OC)c(O)c3)C(O)C(O)C2O1. The molecule has 0 radical (unpaired) electrons. The van der Waals surface area contributed by atoms with Crippen molar-refractivity contribution >= 4 is 5.97 Å². The number of aliphatic hydroxyl groups excluding tert-OH is 6. The molecule has 18 heteroatoms. The van der Waals surface area contributed by atoms with E-state index in [-0.39, 0.29) is 35.7 Å². The molecule has 4 aliphatic rings. The highest BCUT2D eigenvalue weighted by Crippen LogP contribution is 2.40. The largest absolute Gasteiger partial charge is 0.504 e. The van der Waals surface area contributed by atoms with Crippen LogP contribution in [0.15, 0.2) is 42.7 Å². The number of aromatic hydroxyl groups is 1. The normalized spacial score (nSPS) is 39.1. The van der Waals surface area contributed by atoms with E-state index in [0.29, 0.717) is 0 Å². The van der Waals surface area contributed by atoms with E-state index in [1.807, 2.05) is 6.07 Å². The van der Waals surface area contributed by atoms with Crippen molar-refractivity contribution in [3.05, 3.63) is 48.3 Å². The molecule has 0 aromatic heterocycles. The molecule has 0 aliphatic carbocycles. The average molecular weight is 712 g/mol. The van der Waals surface area contributed by atoms with Crippen LogP contribution in [0.3, 0.4) is 0 Å². The third kappa shape index (κ3) is 7.60. The van der Waals surface area contributed by atoms with Gasteiger partial charge in [-0.1, -0.05) is 12.1 Å². The summed E-state index contributed by atoms with van der Waals surface area (Å²) in [5.74, 6) is -2.50. The minimum atomic E-state index is -1.73. The summed E-state index contributed by atoms with van der Waals surface area (Å²) >= 11 is 0. The fourth-order valence-corrected chi connectivity index (χ4v) is 6.28. The number of phenols is 1. The van der Waals surface area contributed by atoms with Crippen LogP contribution in [-0.2, 0) is 42.7 Å². The first-order valence-electron chi connectivity index (χ1n) is 15.7. The van der Waals surface area contributed by atoms with Crippen molar-refractivity contribution in [3.63, 3.8) is 0 Å². The van der Waals surface area contributed by atoms with Crippen molar-refractivity contribution in [2.75, 3.05) is 27.4 Å². The van der Waals surface area contributed by atoms with E-state index in [1.54, 1.807) is 0 Å². The van der Waals surface area contributed by atoms with Crippen molar-refractivity contribution in [2.45, 2.75) is 86.5 Å². The fraction of sp³-hybridized carbons (Fsp3) is 0.625. The zero-order chi connectivity index (χ0) is 36.3. The number of fused-ring (bicyclic) bond motifs is 1. The molecular weight excluding hydrogens is 670 g/mol. The molecular formula is C32H41NO17. The second kappa shape index (κ2) is 16.3. The van der Waals surface area contributed by atoms with Crippen LogP contribution in [0.2, 0.25) is 0 Å². The molecule has 4 heterocycles. The molecule has 276 valence electrons. The molecule has 1 aromatic carbocycles. The molecule has 0 amide bonds. The van der Waals surface area contributed by atoms with E-state index in [0.717, 1.165) is 6.26 Å². The van der Waals surface area contributed by atoms with Gasteiger partial charge < -0.3 is 78.4 Å². The number of aliphatic hydroxyl groups is 6. The molecule has 5 rings (SSSR count). The lowest BCUT2D eigenvalue weighted by atomic mass is 9.81. The van der Waals surface area contributed by atoms with E-state index in [4.69, 9.17) is 42.6 Å². The van der Waals surface area contributed by atoms with E-state index < -0.39 is 105 Å². The van der Waals surface area contributed by atoms with E-state index in [1.165, 1.54) is 38.5 Å². The number of rotatable bonds is 11. The highest BCUT2D eigenvalue weighted by molar-refractivity contribution is 5.89. The zero-order valence-corrected chi connectivity index (χ0v) is 27.0.